The molecule has 5 rings (SSSR count). The average molecular weight is 389 g/mol. The minimum atomic E-state index is -0.191. The molecule has 0 radical (unpaired) electrons. The van der Waals surface area contributed by atoms with Gasteiger partial charge in [-0.15, -0.1) is 0 Å². The minimum Gasteiger partial charge on any atom is -0.372 e. The van der Waals surface area contributed by atoms with Crippen LogP contribution in [0.15, 0.2) is 35.0 Å². The van der Waals surface area contributed by atoms with Gasteiger partial charge in [0.1, 0.15) is 5.70 Å². The first-order valence-corrected chi connectivity index (χ1v) is 10.1. The third kappa shape index (κ3) is 3.25. The number of carbonyl (C=O) groups excluding carboxylic acids is 1. The summed E-state index contributed by atoms with van der Waals surface area (Å²) in [4.78, 5) is 12.7. The van der Waals surface area contributed by atoms with Crippen molar-refractivity contribution in [3.8, 4) is 0 Å². The lowest BCUT2D eigenvalue weighted by Gasteiger charge is -2.26. The van der Waals surface area contributed by atoms with E-state index in [2.05, 4.69) is 28.2 Å². The fourth-order valence-electron chi connectivity index (χ4n) is 4.60. The van der Waals surface area contributed by atoms with Crippen molar-refractivity contribution in [2.45, 2.75) is 43.4 Å². The smallest absolute Gasteiger partial charge is 0.274 e. The third-order valence-electron chi connectivity index (χ3n) is 6.16. The number of benzene rings is 1. The van der Waals surface area contributed by atoms with Gasteiger partial charge in [-0.3, -0.25) is 4.79 Å². The number of ether oxygens (including phenoxy) is 1. The van der Waals surface area contributed by atoms with Crippen LogP contribution in [0.2, 0.25) is 0 Å². The molecule has 3 N–H and O–H groups in total. The normalized spacial score (nSPS) is 32.8. The van der Waals surface area contributed by atoms with Crippen LogP contribution in [0.3, 0.4) is 0 Å². The summed E-state index contributed by atoms with van der Waals surface area (Å²) in [7, 11) is 1.94. The lowest BCUT2D eigenvalue weighted by Crippen LogP contribution is -2.40. The summed E-state index contributed by atoms with van der Waals surface area (Å²) in [5.41, 5.74) is 5.52. The molecule has 1 aliphatic carbocycles. The Morgan fingerprint density at radius 2 is 2.15 bits per heavy atom. The molecule has 3 aliphatic heterocycles. The fourth-order valence-corrected chi connectivity index (χ4v) is 5.05. The molecule has 3 fully saturated rings. The molecule has 0 spiro atoms. The number of fused-ring (bicyclic) bond motifs is 2. The molecule has 2 saturated heterocycles. The van der Waals surface area contributed by atoms with E-state index in [9.17, 15) is 4.79 Å². The molecule has 1 amide bonds. The number of rotatable bonds is 5. The molecule has 1 saturated carbocycles. The zero-order valence-electron chi connectivity index (χ0n) is 15.4. The molecule has 0 aromatic heterocycles. The van der Waals surface area contributed by atoms with Gasteiger partial charge in [0.05, 0.1) is 23.3 Å². The van der Waals surface area contributed by atoms with Crippen LogP contribution in [-0.4, -0.2) is 48.8 Å². The molecular weight excluding hydrogens is 364 g/mol. The Morgan fingerprint density at radius 1 is 1.37 bits per heavy atom. The number of amides is 1. The lowest BCUT2D eigenvalue weighted by molar-refractivity contribution is -0.113. The Kier molecular flexibility index (Phi) is 4.20. The Labute approximate surface area is 164 Å². The van der Waals surface area contributed by atoms with E-state index in [4.69, 9.17) is 16.3 Å². The van der Waals surface area contributed by atoms with Gasteiger partial charge >= 0.3 is 0 Å². The highest BCUT2D eigenvalue weighted by molar-refractivity contribution is 6.33. The highest BCUT2D eigenvalue weighted by Crippen LogP contribution is 2.42. The van der Waals surface area contributed by atoms with E-state index in [0.717, 1.165) is 31.7 Å². The molecule has 6 nitrogen and oxygen atoms in total. The largest absolute Gasteiger partial charge is 0.372 e. The predicted molar refractivity (Wildman–Crippen MR) is 104 cm³/mol. The van der Waals surface area contributed by atoms with Crippen molar-refractivity contribution in [2.75, 3.05) is 25.5 Å². The second kappa shape index (κ2) is 6.48. The van der Waals surface area contributed by atoms with Crippen LogP contribution in [0, 0.1) is 5.92 Å². The van der Waals surface area contributed by atoms with E-state index in [0.29, 0.717) is 22.7 Å². The van der Waals surface area contributed by atoms with Crippen LogP contribution in [0.1, 0.15) is 24.8 Å². The van der Waals surface area contributed by atoms with Gasteiger partial charge in [-0.1, -0.05) is 23.7 Å². The molecule has 7 heteroatoms. The molecule has 2 bridgehead atoms. The van der Waals surface area contributed by atoms with Gasteiger partial charge < -0.3 is 20.8 Å². The SMILES string of the molecule is CN1NC(C(=O)Nc2ccc(C[C@]34CN[C@H](CO3)C4)cc2)=C(Cl)C1C1CC1. The predicted octanol–water partition coefficient (Wildman–Crippen LogP) is 1.98. The maximum atomic E-state index is 12.7. The van der Waals surface area contributed by atoms with Gasteiger partial charge in [-0.2, -0.15) is 0 Å². The van der Waals surface area contributed by atoms with Gasteiger partial charge in [0, 0.05) is 31.7 Å². The fraction of sp³-hybridized carbons (Fsp3) is 0.550. The van der Waals surface area contributed by atoms with Crippen LogP contribution in [-0.2, 0) is 16.0 Å². The number of nitrogens with zero attached hydrogens (tertiary/aromatic N) is 1. The highest BCUT2D eigenvalue weighted by atomic mass is 35.5. The van der Waals surface area contributed by atoms with E-state index < -0.39 is 0 Å². The molecule has 1 unspecified atom stereocenters. The van der Waals surface area contributed by atoms with E-state index in [1.165, 1.54) is 18.4 Å². The molecule has 144 valence electrons. The number of hydrazine groups is 1. The Hall–Kier alpha value is -1.60. The summed E-state index contributed by atoms with van der Waals surface area (Å²) in [6, 6.07) is 8.66. The molecule has 27 heavy (non-hydrogen) atoms. The molecule has 3 heterocycles. The van der Waals surface area contributed by atoms with Crippen molar-refractivity contribution in [1.82, 2.24) is 15.8 Å². The summed E-state index contributed by atoms with van der Waals surface area (Å²) in [6.07, 6.45) is 4.33. The summed E-state index contributed by atoms with van der Waals surface area (Å²) < 4.78 is 6.00. The van der Waals surface area contributed by atoms with Crippen molar-refractivity contribution in [3.63, 3.8) is 0 Å². The van der Waals surface area contributed by atoms with Crippen LogP contribution in [0.4, 0.5) is 5.69 Å². The summed E-state index contributed by atoms with van der Waals surface area (Å²) in [6.45, 7) is 1.73. The quantitative estimate of drug-likeness (QED) is 0.719. The van der Waals surface area contributed by atoms with Gasteiger partial charge in [0.25, 0.3) is 5.91 Å². The van der Waals surface area contributed by atoms with E-state index >= 15 is 0 Å². The number of halogens is 1. The Morgan fingerprint density at radius 3 is 2.74 bits per heavy atom. The first-order valence-electron chi connectivity index (χ1n) is 9.70. The first-order chi connectivity index (χ1) is 13.0. The van der Waals surface area contributed by atoms with Crippen molar-refractivity contribution >= 4 is 23.2 Å². The molecule has 4 aliphatic rings. The number of anilines is 1. The van der Waals surface area contributed by atoms with Gasteiger partial charge in [-0.05, 0) is 42.9 Å². The summed E-state index contributed by atoms with van der Waals surface area (Å²) >= 11 is 6.49. The zero-order chi connectivity index (χ0) is 18.6. The number of morpholine rings is 1. The third-order valence-corrected chi connectivity index (χ3v) is 6.57. The average Bonchev–Trinajstić information content (AvgIpc) is 3.17. The first kappa shape index (κ1) is 17.5. The number of nitrogens with one attached hydrogen (secondary N) is 3. The maximum Gasteiger partial charge on any atom is 0.274 e. The highest BCUT2D eigenvalue weighted by Gasteiger charge is 2.46. The number of likely N-dealkylation sites (N-methyl/N-ethyl adjacent to an activating group) is 1. The van der Waals surface area contributed by atoms with Crippen LogP contribution in [0.25, 0.3) is 0 Å². The van der Waals surface area contributed by atoms with E-state index in [1.54, 1.807) is 0 Å². The van der Waals surface area contributed by atoms with Crippen LogP contribution >= 0.6 is 11.6 Å². The second-order valence-corrected chi connectivity index (χ2v) is 8.74. The monoisotopic (exact) mass is 388 g/mol. The Bertz CT molecular complexity index is 782. The van der Waals surface area contributed by atoms with Crippen LogP contribution in [0.5, 0.6) is 0 Å². The molecule has 1 aromatic rings. The zero-order valence-corrected chi connectivity index (χ0v) is 16.2. The minimum absolute atomic E-state index is 0.0516. The molecule has 3 atom stereocenters. The van der Waals surface area contributed by atoms with Crippen molar-refractivity contribution < 1.29 is 9.53 Å². The Balaban J connectivity index is 1.24. The molecule has 1 aromatic carbocycles. The second-order valence-electron chi connectivity index (χ2n) is 8.33. The van der Waals surface area contributed by atoms with Gasteiger partial charge in [0.15, 0.2) is 0 Å². The van der Waals surface area contributed by atoms with Crippen molar-refractivity contribution in [1.29, 1.82) is 0 Å². The lowest BCUT2D eigenvalue weighted by atomic mass is 9.93. The standard InChI is InChI=1S/C20H25ClN4O2/c1-25-18(13-4-5-13)16(21)17(24-25)19(26)23-14-6-2-12(3-7-14)8-20-9-15(10-27-20)22-11-20/h2-3,6-7,13,15,18,22,24H,4-5,8-11H2,1H3,(H,23,26)/t15-,18?,20-/m0/s1. The maximum absolute atomic E-state index is 12.7. The summed E-state index contributed by atoms with van der Waals surface area (Å²) in [5, 5.41) is 9.02. The van der Waals surface area contributed by atoms with E-state index in [-0.39, 0.29) is 17.6 Å². The molecular formula is C20H25ClN4O2. The number of hydrogen-bond acceptors (Lipinski definition) is 5. The van der Waals surface area contributed by atoms with Crippen LogP contribution < -0.4 is 16.1 Å². The topological polar surface area (TPSA) is 65.6 Å². The van der Waals surface area contributed by atoms with Gasteiger partial charge in [0.2, 0.25) is 0 Å². The number of hydrogen-bond donors (Lipinski definition) is 3. The van der Waals surface area contributed by atoms with Gasteiger partial charge in [-0.25, -0.2) is 5.01 Å². The van der Waals surface area contributed by atoms with Crippen molar-refractivity contribution in [2.24, 2.45) is 5.92 Å². The summed E-state index contributed by atoms with van der Waals surface area (Å²) in [5.74, 6) is 0.366. The van der Waals surface area contributed by atoms with E-state index in [1.807, 2.05) is 24.2 Å². The number of carbonyl (C=O) groups is 1. The van der Waals surface area contributed by atoms with Crippen molar-refractivity contribution in [3.05, 3.63) is 40.6 Å².